The second kappa shape index (κ2) is 6.28. The molecule has 0 bridgehead atoms. The van der Waals surface area contributed by atoms with Crippen LogP contribution >= 0.6 is 0 Å². The fraction of sp³-hybridized carbons (Fsp3) is 0.727. The van der Waals surface area contributed by atoms with Gasteiger partial charge < -0.3 is 10.2 Å². The van der Waals surface area contributed by atoms with Gasteiger partial charge in [0.15, 0.2) is 17.2 Å². The standard InChI is InChI=1S/C22H28F2O5/c1-12-8-16-15-5-4-13-9-14(25)6-7-19(13,2)21(15,23)17(26)10-20(16,3)22(12,28)18(27)11-29-24/h6-7,9,12,15-17,26,28H,4-5,8,10-11H2,1-3H3/t12-,15+,16+,17+,19+,20+,21+,22+/m1/s1. The van der Waals surface area contributed by atoms with Gasteiger partial charge in [0.05, 0.1) is 6.10 Å². The summed E-state index contributed by atoms with van der Waals surface area (Å²) >= 11 is 0. The van der Waals surface area contributed by atoms with Gasteiger partial charge in [0.25, 0.3) is 0 Å². The Morgan fingerprint density at radius 3 is 2.69 bits per heavy atom. The molecule has 7 heteroatoms. The normalized spacial score (nSPS) is 51.1. The van der Waals surface area contributed by atoms with Crippen LogP contribution < -0.4 is 0 Å². The first-order valence-electron chi connectivity index (χ1n) is 10.3. The van der Waals surface area contributed by atoms with Crippen molar-refractivity contribution in [2.75, 3.05) is 6.61 Å². The van der Waals surface area contributed by atoms with Gasteiger partial charge in [0.1, 0.15) is 12.2 Å². The van der Waals surface area contributed by atoms with Crippen LogP contribution in [-0.4, -0.2) is 45.8 Å². The summed E-state index contributed by atoms with van der Waals surface area (Å²) in [7, 11) is 0. The molecule has 160 valence electrons. The number of aliphatic hydroxyl groups excluding tert-OH is 1. The SMILES string of the molecule is C[C@@H]1C[C@H]2[C@@H]3CCC4=CC(=O)C=C[C@]4(C)[C@@]3(F)[C@@H](O)C[C@]2(C)[C@@]1(O)C(=O)COF. The predicted octanol–water partition coefficient (Wildman–Crippen LogP) is 2.80. The van der Waals surface area contributed by atoms with E-state index in [1.807, 2.05) is 0 Å². The van der Waals surface area contributed by atoms with Crippen molar-refractivity contribution in [1.29, 1.82) is 0 Å². The molecule has 2 N–H and O–H groups in total. The van der Waals surface area contributed by atoms with E-state index in [9.17, 15) is 24.3 Å². The van der Waals surface area contributed by atoms with Gasteiger partial charge in [-0.1, -0.05) is 25.5 Å². The highest BCUT2D eigenvalue weighted by Gasteiger charge is 2.75. The summed E-state index contributed by atoms with van der Waals surface area (Å²) in [5, 5.41) is 22.6. The topological polar surface area (TPSA) is 83.8 Å². The van der Waals surface area contributed by atoms with E-state index in [1.54, 1.807) is 26.8 Å². The van der Waals surface area contributed by atoms with Gasteiger partial charge in [-0.25, -0.2) is 4.39 Å². The molecule has 4 aliphatic carbocycles. The van der Waals surface area contributed by atoms with Crippen molar-refractivity contribution in [3.63, 3.8) is 0 Å². The van der Waals surface area contributed by atoms with E-state index in [0.29, 0.717) is 24.8 Å². The lowest BCUT2D eigenvalue weighted by Crippen LogP contribution is -2.69. The summed E-state index contributed by atoms with van der Waals surface area (Å²) in [6, 6.07) is 0. The molecular weight excluding hydrogens is 382 g/mol. The number of hydrogen-bond acceptors (Lipinski definition) is 5. The lowest BCUT2D eigenvalue weighted by atomic mass is 9.44. The number of hydrogen-bond donors (Lipinski definition) is 2. The fourth-order valence-electron chi connectivity index (χ4n) is 7.30. The Hall–Kier alpha value is -1.44. The Labute approximate surface area is 168 Å². The third-order valence-electron chi connectivity index (χ3n) is 8.83. The van der Waals surface area contributed by atoms with Crippen LogP contribution in [-0.2, 0) is 14.5 Å². The number of carbonyl (C=O) groups is 2. The first-order valence-corrected chi connectivity index (χ1v) is 10.3. The molecule has 3 fully saturated rings. The molecule has 0 aromatic heterocycles. The first-order chi connectivity index (χ1) is 13.5. The molecule has 0 unspecified atom stereocenters. The summed E-state index contributed by atoms with van der Waals surface area (Å²) in [5.41, 5.74) is -5.48. The number of alkyl halides is 1. The van der Waals surface area contributed by atoms with E-state index >= 15 is 4.39 Å². The van der Waals surface area contributed by atoms with Gasteiger partial charge >= 0.3 is 0 Å². The summed E-state index contributed by atoms with van der Waals surface area (Å²) in [6.45, 7) is 4.25. The zero-order valence-corrected chi connectivity index (χ0v) is 17.0. The van der Waals surface area contributed by atoms with Gasteiger partial charge in [-0.2, -0.15) is 4.94 Å². The minimum atomic E-state index is -2.02. The average molecular weight is 410 g/mol. The van der Waals surface area contributed by atoms with Crippen LogP contribution in [0.15, 0.2) is 23.8 Å². The summed E-state index contributed by atoms with van der Waals surface area (Å²) in [6.07, 6.45) is 4.12. The van der Waals surface area contributed by atoms with Crippen LogP contribution in [0.25, 0.3) is 0 Å². The molecule has 0 aromatic carbocycles. The molecule has 0 heterocycles. The molecule has 4 rings (SSSR count). The molecule has 0 spiro atoms. The average Bonchev–Trinajstić information content (AvgIpc) is 2.85. The number of fused-ring (bicyclic) bond motifs is 5. The lowest BCUT2D eigenvalue weighted by molar-refractivity contribution is -0.223. The van der Waals surface area contributed by atoms with E-state index < -0.39 is 52.4 Å². The zero-order chi connectivity index (χ0) is 21.4. The Balaban J connectivity index is 1.81. The zero-order valence-electron chi connectivity index (χ0n) is 17.0. The van der Waals surface area contributed by atoms with Crippen LogP contribution in [0.4, 0.5) is 8.92 Å². The molecular formula is C22H28F2O5. The van der Waals surface area contributed by atoms with Gasteiger partial charge in [-0.3, -0.25) is 9.59 Å². The smallest absolute Gasteiger partial charge is 0.194 e. The van der Waals surface area contributed by atoms with Crippen molar-refractivity contribution < 1.29 is 33.7 Å². The molecule has 0 aromatic rings. The minimum absolute atomic E-state index is 0.131. The molecule has 0 saturated heterocycles. The number of carbonyl (C=O) groups excluding carboxylic acids is 2. The van der Waals surface area contributed by atoms with Crippen molar-refractivity contribution >= 4 is 11.6 Å². The molecule has 0 amide bonds. The maximum absolute atomic E-state index is 16.9. The molecule has 8 atom stereocenters. The van der Waals surface area contributed by atoms with Gasteiger partial charge in [0.2, 0.25) is 0 Å². The first kappa shape index (κ1) is 20.8. The highest BCUT2D eigenvalue weighted by molar-refractivity contribution is 6.01. The lowest BCUT2D eigenvalue weighted by Gasteiger charge is -2.62. The fourth-order valence-corrected chi connectivity index (χ4v) is 7.30. The van der Waals surface area contributed by atoms with Crippen LogP contribution in [0, 0.1) is 28.6 Å². The maximum Gasteiger partial charge on any atom is 0.194 e. The number of Topliss-reactive ketones (excluding diaryl/α,β-unsaturated/α-hetero) is 1. The van der Waals surface area contributed by atoms with E-state index in [2.05, 4.69) is 4.94 Å². The maximum atomic E-state index is 16.9. The Kier molecular flexibility index (Phi) is 4.51. The molecule has 5 nitrogen and oxygen atoms in total. The van der Waals surface area contributed by atoms with E-state index in [1.165, 1.54) is 12.2 Å². The van der Waals surface area contributed by atoms with Gasteiger partial charge in [-0.15, -0.1) is 0 Å². The van der Waals surface area contributed by atoms with Gasteiger partial charge in [0, 0.05) is 16.7 Å². The van der Waals surface area contributed by atoms with Crippen molar-refractivity contribution in [2.24, 2.45) is 28.6 Å². The van der Waals surface area contributed by atoms with Crippen LogP contribution in [0.2, 0.25) is 0 Å². The van der Waals surface area contributed by atoms with Crippen molar-refractivity contribution in [3.05, 3.63) is 23.8 Å². The van der Waals surface area contributed by atoms with Crippen molar-refractivity contribution in [1.82, 2.24) is 0 Å². The summed E-state index contributed by atoms with van der Waals surface area (Å²) in [4.78, 5) is 28.0. The number of rotatable bonds is 3. The van der Waals surface area contributed by atoms with Gasteiger partial charge in [-0.05, 0) is 61.1 Å². The monoisotopic (exact) mass is 410 g/mol. The summed E-state index contributed by atoms with van der Waals surface area (Å²) < 4.78 is 29.3. The second-order valence-electron chi connectivity index (χ2n) is 9.84. The number of ketones is 2. The molecule has 3 saturated carbocycles. The number of aliphatic hydroxyl groups is 2. The highest BCUT2D eigenvalue weighted by Crippen LogP contribution is 2.70. The number of allylic oxidation sites excluding steroid dienone is 4. The van der Waals surface area contributed by atoms with Crippen LogP contribution in [0.5, 0.6) is 0 Å². The summed E-state index contributed by atoms with van der Waals surface area (Å²) in [5.74, 6) is -2.46. The molecule has 0 radical (unpaired) electrons. The van der Waals surface area contributed by atoms with Crippen molar-refractivity contribution in [2.45, 2.75) is 63.8 Å². The van der Waals surface area contributed by atoms with Crippen LogP contribution in [0.3, 0.4) is 0 Å². The van der Waals surface area contributed by atoms with Crippen molar-refractivity contribution in [3.8, 4) is 0 Å². The molecule has 29 heavy (non-hydrogen) atoms. The Morgan fingerprint density at radius 1 is 1.34 bits per heavy atom. The largest absolute Gasteiger partial charge is 0.390 e. The third-order valence-corrected chi connectivity index (χ3v) is 8.83. The quantitative estimate of drug-likeness (QED) is 0.748. The van der Waals surface area contributed by atoms with E-state index in [0.717, 1.165) is 0 Å². The third kappa shape index (κ3) is 2.29. The van der Waals surface area contributed by atoms with E-state index in [4.69, 9.17) is 0 Å². The molecule has 0 aliphatic heterocycles. The predicted molar refractivity (Wildman–Crippen MR) is 99.9 cm³/mol. The van der Waals surface area contributed by atoms with E-state index in [-0.39, 0.29) is 18.1 Å². The highest BCUT2D eigenvalue weighted by atomic mass is 19.3. The minimum Gasteiger partial charge on any atom is -0.390 e. The number of halogens is 2. The Morgan fingerprint density at radius 2 is 2.03 bits per heavy atom. The second-order valence-corrected chi connectivity index (χ2v) is 9.84. The van der Waals surface area contributed by atoms with Crippen LogP contribution in [0.1, 0.15) is 46.5 Å². The Bertz CT molecular complexity index is 824. The molecule has 4 aliphatic rings.